The largest absolute Gasteiger partial charge is 0.507 e. The second-order valence-corrected chi connectivity index (χ2v) is 9.57. The number of phenols is 1. The fourth-order valence-electron chi connectivity index (χ4n) is 3.62. The van der Waals surface area contributed by atoms with E-state index in [1.54, 1.807) is 10.4 Å². The number of aromatic hydroxyl groups is 1. The highest BCUT2D eigenvalue weighted by molar-refractivity contribution is 7.89. The Balaban J connectivity index is 1.70. The van der Waals surface area contributed by atoms with Crippen LogP contribution in [0.2, 0.25) is 0 Å². The fraction of sp³-hybridized carbons (Fsp3) is 0.429. The number of sulfonamides is 1. The van der Waals surface area contributed by atoms with E-state index in [9.17, 15) is 13.5 Å². The number of hydrogen-bond donors (Lipinski definition) is 2. The first-order valence-corrected chi connectivity index (χ1v) is 10.8. The Bertz CT molecular complexity index is 946. The molecule has 0 radical (unpaired) electrons. The Kier molecular flexibility index (Phi) is 5.60. The molecule has 0 atom stereocenters. The lowest BCUT2D eigenvalue weighted by molar-refractivity contribution is -0.917. The van der Waals surface area contributed by atoms with Gasteiger partial charge in [0.1, 0.15) is 12.3 Å². The van der Waals surface area contributed by atoms with E-state index < -0.39 is 10.0 Å². The second kappa shape index (κ2) is 7.62. The molecular formula is C21H29N2O3S+. The van der Waals surface area contributed by atoms with Crippen LogP contribution in [0.15, 0.2) is 35.2 Å². The quantitative estimate of drug-likeness (QED) is 0.837. The topological polar surface area (TPSA) is 62.0 Å². The molecule has 0 saturated carbocycles. The Hall–Kier alpha value is -1.89. The first-order chi connectivity index (χ1) is 12.7. The van der Waals surface area contributed by atoms with Gasteiger partial charge in [-0.3, -0.25) is 0 Å². The molecule has 3 rings (SSSR count). The summed E-state index contributed by atoms with van der Waals surface area (Å²) >= 11 is 0. The minimum Gasteiger partial charge on any atom is -0.507 e. The van der Waals surface area contributed by atoms with Crippen molar-refractivity contribution in [3.05, 3.63) is 58.1 Å². The van der Waals surface area contributed by atoms with Crippen LogP contribution in [0.5, 0.6) is 5.75 Å². The fourth-order valence-corrected chi connectivity index (χ4v) is 5.37. The van der Waals surface area contributed by atoms with Crippen molar-refractivity contribution in [2.45, 2.75) is 39.1 Å². The number of nitrogens with zero attached hydrogens (tertiary/aromatic N) is 1. The van der Waals surface area contributed by atoms with Gasteiger partial charge in [0.25, 0.3) is 0 Å². The van der Waals surface area contributed by atoms with E-state index in [0.717, 1.165) is 35.3 Å². The van der Waals surface area contributed by atoms with Crippen molar-refractivity contribution in [3.63, 3.8) is 0 Å². The van der Waals surface area contributed by atoms with Crippen LogP contribution in [0.25, 0.3) is 0 Å². The molecule has 6 heteroatoms. The molecule has 0 aromatic heterocycles. The van der Waals surface area contributed by atoms with Gasteiger partial charge in [-0.2, -0.15) is 4.31 Å². The molecule has 0 spiro atoms. The van der Waals surface area contributed by atoms with Gasteiger partial charge in [-0.1, -0.05) is 12.1 Å². The predicted molar refractivity (Wildman–Crippen MR) is 107 cm³/mol. The molecule has 2 aromatic rings. The number of aryl methyl sites for hydroxylation is 4. The summed E-state index contributed by atoms with van der Waals surface area (Å²) in [6.45, 7) is 11.0. The smallest absolute Gasteiger partial charge is 0.243 e. The van der Waals surface area contributed by atoms with E-state index in [4.69, 9.17) is 0 Å². The van der Waals surface area contributed by atoms with Crippen LogP contribution in [0.4, 0.5) is 0 Å². The molecule has 0 unspecified atom stereocenters. The summed E-state index contributed by atoms with van der Waals surface area (Å²) in [7, 11) is -3.46. The average Bonchev–Trinajstić information content (AvgIpc) is 2.62. The number of hydrogen-bond acceptors (Lipinski definition) is 3. The van der Waals surface area contributed by atoms with Crippen LogP contribution in [0.3, 0.4) is 0 Å². The van der Waals surface area contributed by atoms with Crippen molar-refractivity contribution in [2.75, 3.05) is 26.2 Å². The van der Waals surface area contributed by atoms with Gasteiger partial charge >= 0.3 is 0 Å². The molecule has 1 saturated heterocycles. The zero-order chi connectivity index (χ0) is 19.8. The summed E-state index contributed by atoms with van der Waals surface area (Å²) in [5.41, 5.74) is 4.91. The van der Waals surface area contributed by atoms with E-state index in [1.165, 1.54) is 10.5 Å². The Morgan fingerprint density at radius 1 is 0.963 bits per heavy atom. The van der Waals surface area contributed by atoms with Gasteiger partial charge in [-0.05, 0) is 68.1 Å². The standard InChI is InChI=1S/C21H28N2O3S/c1-15-5-6-16(2)21(11-15)27(25,26)23-9-7-22(8-10-23)14-19-12-17(3)18(4)13-20(19)24/h5-6,11-13,24H,7-10,14H2,1-4H3/p+1. The third-order valence-corrected chi connectivity index (χ3v) is 7.57. The van der Waals surface area contributed by atoms with E-state index in [0.29, 0.717) is 30.3 Å². The highest BCUT2D eigenvalue weighted by Crippen LogP contribution is 2.22. The number of phenolic OH excluding ortho intramolecular Hbond substituents is 1. The van der Waals surface area contributed by atoms with E-state index >= 15 is 0 Å². The van der Waals surface area contributed by atoms with Crippen molar-refractivity contribution in [3.8, 4) is 5.75 Å². The lowest BCUT2D eigenvalue weighted by Crippen LogP contribution is -3.13. The molecule has 0 bridgehead atoms. The van der Waals surface area contributed by atoms with E-state index in [-0.39, 0.29) is 0 Å². The summed E-state index contributed by atoms with van der Waals surface area (Å²) in [5, 5.41) is 10.2. The lowest BCUT2D eigenvalue weighted by atomic mass is 10.0. The molecule has 0 amide bonds. The highest BCUT2D eigenvalue weighted by Gasteiger charge is 2.31. The maximum Gasteiger partial charge on any atom is 0.243 e. The van der Waals surface area contributed by atoms with E-state index in [1.807, 2.05) is 52.0 Å². The van der Waals surface area contributed by atoms with Crippen molar-refractivity contribution >= 4 is 10.0 Å². The SMILES string of the molecule is Cc1ccc(C)c(S(=O)(=O)N2CC[NH+](Cc3cc(C)c(C)cc3O)CC2)c1. The molecule has 5 nitrogen and oxygen atoms in total. The maximum atomic E-state index is 13.0. The van der Waals surface area contributed by atoms with Crippen LogP contribution in [-0.4, -0.2) is 44.0 Å². The second-order valence-electron chi connectivity index (χ2n) is 7.66. The summed E-state index contributed by atoms with van der Waals surface area (Å²) < 4.78 is 27.7. The Labute approximate surface area is 162 Å². The van der Waals surface area contributed by atoms with Gasteiger partial charge in [-0.15, -0.1) is 0 Å². The molecule has 1 aliphatic rings. The molecule has 146 valence electrons. The van der Waals surface area contributed by atoms with Crippen LogP contribution in [-0.2, 0) is 16.6 Å². The number of rotatable bonds is 4. The van der Waals surface area contributed by atoms with Crippen molar-refractivity contribution < 1.29 is 18.4 Å². The number of piperazine rings is 1. The number of benzene rings is 2. The molecule has 27 heavy (non-hydrogen) atoms. The summed E-state index contributed by atoms with van der Waals surface area (Å²) in [5.74, 6) is 0.330. The molecule has 2 aromatic carbocycles. The minimum absolute atomic E-state index is 0.330. The summed E-state index contributed by atoms with van der Waals surface area (Å²) in [4.78, 5) is 1.71. The normalized spacial score (nSPS) is 16.6. The van der Waals surface area contributed by atoms with Crippen molar-refractivity contribution in [1.29, 1.82) is 0 Å². The van der Waals surface area contributed by atoms with Gasteiger partial charge in [0.15, 0.2) is 0 Å². The lowest BCUT2D eigenvalue weighted by Gasteiger charge is -2.32. The maximum absolute atomic E-state index is 13.0. The molecule has 2 N–H and O–H groups in total. The monoisotopic (exact) mass is 389 g/mol. The van der Waals surface area contributed by atoms with Crippen LogP contribution >= 0.6 is 0 Å². The minimum atomic E-state index is -3.46. The van der Waals surface area contributed by atoms with Crippen LogP contribution in [0, 0.1) is 27.7 Å². The van der Waals surface area contributed by atoms with Gasteiger partial charge in [0, 0.05) is 5.56 Å². The third-order valence-electron chi connectivity index (χ3n) is 5.53. The molecule has 0 aliphatic carbocycles. The van der Waals surface area contributed by atoms with Gasteiger partial charge in [0.05, 0.1) is 31.1 Å². The average molecular weight is 390 g/mol. The Morgan fingerprint density at radius 2 is 1.59 bits per heavy atom. The van der Waals surface area contributed by atoms with Crippen molar-refractivity contribution in [2.24, 2.45) is 0 Å². The zero-order valence-electron chi connectivity index (χ0n) is 16.5. The van der Waals surface area contributed by atoms with Crippen LogP contribution < -0.4 is 4.90 Å². The molecular weight excluding hydrogens is 360 g/mol. The predicted octanol–water partition coefficient (Wildman–Crippen LogP) is 1.72. The van der Waals surface area contributed by atoms with Gasteiger partial charge in [-0.25, -0.2) is 8.42 Å². The Morgan fingerprint density at radius 3 is 2.26 bits per heavy atom. The van der Waals surface area contributed by atoms with E-state index in [2.05, 4.69) is 0 Å². The zero-order valence-corrected chi connectivity index (χ0v) is 17.4. The van der Waals surface area contributed by atoms with Gasteiger partial charge in [0.2, 0.25) is 10.0 Å². The molecule has 1 aliphatic heterocycles. The number of quaternary nitrogens is 1. The first-order valence-electron chi connectivity index (χ1n) is 9.38. The van der Waals surface area contributed by atoms with Gasteiger partial charge < -0.3 is 10.0 Å². The molecule has 1 heterocycles. The summed E-state index contributed by atoms with van der Waals surface area (Å²) in [6, 6.07) is 9.41. The third kappa shape index (κ3) is 4.18. The first kappa shape index (κ1) is 19.9. The number of nitrogens with one attached hydrogen (secondary N) is 1. The van der Waals surface area contributed by atoms with Crippen LogP contribution in [0.1, 0.15) is 27.8 Å². The molecule has 1 fully saturated rings. The van der Waals surface area contributed by atoms with Crippen molar-refractivity contribution in [1.82, 2.24) is 4.31 Å². The summed E-state index contributed by atoms with van der Waals surface area (Å²) in [6.07, 6.45) is 0. The highest BCUT2D eigenvalue weighted by atomic mass is 32.2.